The van der Waals surface area contributed by atoms with Gasteiger partial charge in [0.15, 0.2) is 5.76 Å². The number of amides is 1. The number of benzene rings is 1. The SMILES string of the molecule is CCOc1ccccc1C(=O)OC1=CC(C)=NC(=O)C1[N+](=O)[O-]. The molecule has 0 aromatic heterocycles. The van der Waals surface area contributed by atoms with Crippen LogP contribution in [0.2, 0.25) is 0 Å². The number of nitrogens with zero attached hydrogens (tertiary/aromatic N) is 2. The van der Waals surface area contributed by atoms with Crippen LogP contribution in [0.25, 0.3) is 0 Å². The summed E-state index contributed by atoms with van der Waals surface area (Å²) in [7, 11) is 0. The van der Waals surface area contributed by atoms with Crippen molar-refractivity contribution in [3.63, 3.8) is 0 Å². The van der Waals surface area contributed by atoms with Crippen molar-refractivity contribution in [3.05, 3.63) is 51.8 Å². The Labute approximate surface area is 131 Å². The Bertz CT molecular complexity index is 722. The van der Waals surface area contributed by atoms with Crippen molar-refractivity contribution in [1.82, 2.24) is 0 Å². The van der Waals surface area contributed by atoms with E-state index in [1.165, 1.54) is 19.1 Å². The molecule has 8 heteroatoms. The number of rotatable bonds is 5. The summed E-state index contributed by atoms with van der Waals surface area (Å²) in [5, 5.41) is 11.0. The highest BCUT2D eigenvalue weighted by Gasteiger charge is 2.39. The Morgan fingerprint density at radius 2 is 2.09 bits per heavy atom. The summed E-state index contributed by atoms with van der Waals surface area (Å²) in [4.78, 5) is 37.6. The van der Waals surface area contributed by atoms with Gasteiger partial charge in [0.2, 0.25) is 0 Å². The highest BCUT2D eigenvalue weighted by atomic mass is 16.6. The van der Waals surface area contributed by atoms with Crippen molar-refractivity contribution >= 4 is 17.6 Å². The number of hydrogen-bond acceptors (Lipinski definition) is 6. The van der Waals surface area contributed by atoms with E-state index < -0.39 is 22.8 Å². The van der Waals surface area contributed by atoms with Crippen LogP contribution < -0.4 is 4.74 Å². The van der Waals surface area contributed by atoms with Gasteiger partial charge < -0.3 is 9.47 Å². The molecule has 0 N–H and O–H groups in total. The Balaban J connectivity index is 2.30. The van der Waals surface area contributed by atoms with E-state index in [-0.39, 0.29) is 17.0 Å². The van der Waals surface area contributed by atoms with Gasteiger partial charge in [-0.1, -0.05) is 12.1 Å². The maximum atomic E-state index is 12.3. The van der Waals surface area contributed by atoms with Gasteiger partial charge in [0.25, 0.3) is 0 Å². The van der Waals surface area contributed by atoms with Crippen molar-refractivity contribution in [1.29, 1.82) is 0 Å². The number of dihydropyridines is 1. The molecule has 1 unspecified atom stereocenters. The minimum atomic E-state index is -1.82. The Kier molecular flexibility index (Phi) is 4.85. The third-order valence-corrected chi connectivity index (χ3v) is 2.97. The molecule has 0 fully saturated rings. The molecule has 0 radical (unpaired) electrons. The predicted octanol–water partition coefficient (Wildman–Crippen LogP) is 1.77. The average Bonchev–Trinajstić information content (AvgIpc) is 2.46. The van der Waals surface area contributed by atoms with Gasteiger partial charge in [-0.25, -0.2) is 9.79 Å². The molecule has 1 aromatic carbocycles. The van der Waals surface area contributed by atoms with Crippen LogP contribution in [0.15, 0.2) is 41.1 Å². The van der Waals surface area contributed by atoms with Crippen LogP contribution in [0.5, 0.6) is 5.75 Å². The summed E-state index contributed by atoms with van der Waals surface area (Å²) in [5.41, 5.74) is 0.346. The molecule has 1 atom stereocenters. The second-order valence-electron chi connectivity index (χ2n) is 4.64. The minimum Gasteiger partial charge on any atom is -0.493 e. The summed E-state index contributed by atoms with van der Waals surface area (Å²) < 4.78 is 10.4. The molecule has 0 aliphatic carbocycles. The first-order chi connectivity index (χ1) is 10.9. The molecular formula is C15H14N2O6. The van der Waals surface area contributed by atoms with Crippen LogP contribution in [0, 0.1) is 10.1 Å². The van der Waals surface area contributed by atoms with Crippen molar-refractivity contribution in [2.24, 2.45) is 4.99 Å². The fourth-order valence-electron chi connectivity index (χ4n) is 2.03. The van der Waals surface area contributed by atoms with Crippen LogP contribution in [0.3, 0.4) is 0 Å². The van der Waals surface area contributed by atoms with Gasteiger partial charge in [-0.2, -0.15) is 0 Å². The summed E-state index contributed by atoms with van der Waals surface area (Å²) in [5.74, 6) is -1.87. The quantitative estimate of drug-likeness (QED) is 0.465. The summed E-state index contributed by atoms with van der Waals surface area (Å²) in [6.07, 6.45) is 1.20. The molecule has 2 rings (SSSR count). The lowest BCUT2D eigenvalue weighted by molar-refractivity contribution is -0.501. The molecule has 120 valence electrons. The largest absolute Gasteiger partial charge is 0.493 e. The molecular weight excluding hydrogens is 304 g/mol. The van der Waals surface area contributed by atoms with E-state index in [0.717, 1.165) is 0 Å². The summed E-state index contributed by atoms with van der Waals surface area (Å²) in [6, 6.07) is 4.53. The van der Waals surface area contributed by atoms with Gasteiger partial charge in [-0.15, -0.1) is 0 Å². The molecule has 23 heavy (non-hydrogen) atoms. The number of nitro groups is 1. The molecule has 1 aliphatic rings. The number of hydrogen-bond donors (Lipinski definition) is 0. The van der Waals surface area contributed by atoms with E-state index in [1.54, 1.807) is 25.1 Å². The minimum absolute atomic E-state index is 0.116. The van der Waals surface area contributed by atoms with Crippen molar-refractivity contribution < 1.29 is 24.0 Å². The van der Waals surface area contributed by atoms with Gasteiger partial charge in [0, 0.05) is 16.7 Å². The predicted molar refractivity (Wildman–Crippen MR) is 80.0 cm³/mol. The van der Waals surface area contributed by atoms with Crippen LogP contribution in [0.4, 0.5) is 0 Å². The molecule has 8 nitrogen and oxygen atoms in total. The molecule has 0 spiro atoms. The fourth-order valence-corrected chi connectivity index (χ4v) is 2.03. The number of carbonyl (C=O) groups excluding carboxylic acids is 2. The summed E-state index contributed by atoms with van der Waals surface area (Å²) in [6.45, 7) is 3.58. The topological polar surface area (TPSA) is 108 Å². The second-order valence-corrected chi connectivity index (χ2v) is 4.64. The van der Waals surface area contributed by atoms with Crippen LogP contribution >= 0.6 is 0 Å². The molecule has 1 aromatic rings. The van der Waals surface area contributed by atoms with Gasteiger partial charge in [-0.05, 0) is 26.0 Å². The van der Waals surface area contributed by atoms with Gasteiger partial charge >= 0.3 is 17.9 Å². The van der Waals surface area contributed by atoms with E-state index in [1.807, 2.05) is 0 Å². The number of aliphatic imine (C=N–C) groups is 1. The highest BCUT2D eigenvalue weighted by Crippen LogP contribution is 2.22. The molecule has 0 saturated heterocycles. The molecule has 0 bridgehead atoms. The van der Waals surface area contributed by atoms with Crippen LogP contribution in [-0.2, 0) is 9.53 Å². The van der Waals surface area contributed by atoms with Crippen LogP contribution in [0.1, 0.15) is 24.2 Å². The number of esters is 1. The Hall–Kier alpha value is -3.03. The molecule has 1 amide bonds. The first-order valence-electron chi connectivity index (χ1n) is 6.82. The standard InChI is InChI=1S/C15H14N2O6/c1-3-22-11-7-5-4-6-10(11)15(19)23-12-8-9(2)16-14(18)13(12)17(20)21/h4-8,13H,3H2,1-2H3. The van der Waals surface area contributed by atoms with Crippen molar-refractivity contribution in [3.8, 4) is 5.75 Å². The summed E-state index contributed by atoms with van der Waals surface area (Å²) >= 11 is 0. The molecule has 1 aliphatic heterocycles. The van der Waals surface area contributed by atoms with Gasteiger partial charge in [0.05, 0.1) is 6.61 Å². The monoisotopic (exact) mass is 318 g/mol. The number of ether oxygens (including phenoxy) is 2. The zero-order valence-electron chi connectivity index (χ0n) is 12.5. The number of para-hydroxylation sites is 1. The zero-order chi connectivity index (χ0) is 17.0. The van der Waals surface area contributed by atoms with Gasteiger partial charge in [0.1, 0.15) is 11.3 Å². The van der Waals surface area contributed by atoms with E-state index in [4.69, 9.17) is 9.47 Å². The third-order valence-electron chi connectivity index (χ3n) is 2.97. The number of allylic oxidation sites excluding steroid dienone is 1. The lowest BCUT2D eigenvalue weighted by atomic mass is 10.1. The van der Waals surface area contributed by atoms with E-state index in [2.05, 4.69) is 4.99 Å². The van der Waals surface area contributed by atoms with E-state index in [0.29, 0.717) is 12.4 Å². The van der Waals surface area contributed by atoms with Crippen molar-refractivity contribution in [2.45, 2.75) is 19.9 Å². The van der Waals surface area contributed by atoms with E-state index >= 15 is 0 Å². The molecule has 1 heterocycles. The normalized spacial score (nSPS) is 17.1. The lowest BCUT2D eigenvalue weighted by Gasteiger charge is -2.15. The average molecular weight is 318 g/mol. The zero-order valence-corrected chi connectivity index (χ0v) is 12.5. The number of carbonyl (C=O) groups is 2. The highest BCUT2D eigenvalue weighted by molar-refractivity contribution is 6.07. The Morgan fingerprint density at radius 1 is 1.39 bits per heavy atom. The van der Waals surface area contributed by atoms with Gasteiger partial charge in [-0.3, -0.25) is 14.9 Å². The smallest absolute Gasteiger partial charge is 0.348 e. The first kappa shape index (κ1) is 16.3. The maximum absolute atomic E-state index is 12.3. The van der Waals surface area contributed by atoms with Crippen molar-refractivity contribution in [2.75, 3.05) is 6.61 Å². The molecule has 0 saturated carbocycles. The third kappa shape index (κ3) is 3.60. The van der Waals surface area contributed by atoms with E-state index in [9.17, 15) is 19.7 Å². The van der Waals surface area contributed by atoms with Crippen LogP contribution in [-0.4, -0.2) is 35.2 Å². The maximum Gasteiger partial charge on any atom is 0.348 e. The second kappa shape index (κ2) is 6.82. The first-order valence-corrected chi connectivity index (χ1v) is 6.82. The fraction of sp³-hybridized carbons (Fsp3) is 0.267. The Morgan fingerprint density at radius 3 is 2.74 bits per heavy atom. The lowest BCUT2D eigenvalue weighted by Crippen LogP contribution is -2.35.